The van der Waals surface area contributed by atoms with E-state index in [2.05, 4.69) is 31.4 Å². The summed E-state index contributed by atoms with van der Waals surface area (Å²) in [5, 5.41) is 20.2. The van der Waals surface area contributed by atoms with Gasteiger partial charge in [0.25, 0.3) is 0 Å². The predicted molar refractivity (Wildman–Crippen MR) is 128 cm³/mol. The lowest BCUT2D eigenvalue weighted by Crippen LogP contribution is -2.51. The molecular formula is C24H27ClFN5O2. The molecule has 174 valence electrons. The molecule has 1 fully saturated rings. The summed E-state index contributed by atoms with van der Waals surface area (Å²) >= 11 is 6.16. The van der Waals surface area contributed by atoms with Gasteiger partial charge in [0.15, 0.2) is 0 Å². The Bertz CT molecular complexity index is 1170. The first-order chi connectivity index (χ1) is 15.6. The summed E-state index contributed by atoms with van der Waals surface area (Å²) in [7, 11) is 0. The summed E-state index contributed by atoms with van der Waals surface area (Å²) < 4.78 is 16.2. The standard InChI is InChI=1S/C24H27ClFN5O2/c1-24(2,3)22-11-18(31(29-22)17-6-4-5-15(25)9-17)12-27-23(33)28-16-7-8-21(20(26)10-16)30-13-19(32)14-30/h4-11,19,32H,12-14H2,1-3H3,(H2,27,28,33). The number of β-amino-alcohol motifs (C(OH)–C–C–N with tert-alkyl or cyclic N) is 1. The molecule has 0 bridgehead atoms. The number of rotatable bonds is 5. The highest BCUT2D eigenvalue weighted by Crippen LogP contribution is 2.27. The second kappa shape index (κ2) is 9.03. The fraction of sp³-hybridized carbons (Fsp3) is 0.333. The van der Waals surface area contributed by atoms with Crippen molar-refractivity contribution in [2.24, 2.45) is 0 Å². The Morgan fingerprint density at radius 2 is 1.97 bits per heavy atom. The van der Waals surface area contributed by atoms with E-state index in [1.807, 2.05) is 24.3 Å². The number of nitrogens with one attached hydrogen (secondary N) is 2. The van der Waals surface area contributed by atoms with E-state index in [0.717, 1.165) is 17.1 Å². The monoisotopic (exact) mass is 471 g/mol. The minimum absolute atomic E-state index is 0.174. The van der Waals surface area contributed by atoms with Crippen molar-refractivity contribution in [3.05, 3.63) is 70.8 Å². The molecule has 1 saturated heterocycles. The summed E-state index contributed by atoms with van der Waals surface area (Å²) in [5.41, 5.74) is 3.04. The highest BCUT2D eigenvalue weighted by atomic mass is 35.5. The van der Waals surface area contributed by atoms with Gasteiger partial charge in [0.2, 0.25) is 0 Å². The Morgan fingerprint density at radius 1 is 1.21 bits per heavy atom. The number of anilines is 2. The van der Waals surface area contributed by atoms with Crippen LogP contribution in [0.5, 0.6) is 0 Å². The zero-order valence-electron chi connectivity index (χ0n) is 18.8. The molecule has 1 aliphatic rings. The molecule has 1 aromatic heterocycles. The largest absolute Gasteiger partial charge is 0.389 e. The number of aliphatic hydroxyl groups is 1. The Hall–Kier alpha value is -3.10. The van der Waals surface area contributed by atoms with E-state index >= 15 is 0 Å². The highest BCUT2D eigenvalue weighted by molar-refractivity contribution is 6.30. The summed E-state index contributed by atoms with van der Waals surface area (Å²) in [4.78, 5) is 14.2. The average molecular weight is 472 g/mol. The molecule has 3 aromatic rings. The van der Waals surface area contributed by atoms with Crippen LogP contribution in [0.25, 0.3) is 5.69 Å². The van der Waals surface area contributed by atoms with Crippen LogP contribution in [-0.2, 0) is 12.0 Å². The third kappa shape index (κ3) is 5.29. The van der Waals surface area contributed by atoms with E-state index in [1.54, 1.807) is 27.8 Å². The van der Waals surface area contributed by atoms with Crippen LogP contribution < -0.4 is 15.5 Å². The lowest BCUT2D eigenvalue weighted by Gasteiger charge is -2.38. The number of nitrogens with zero attached hydrogens (tertiary/aromatic N) is 3. The maximum atomic E-state index is 14.4. The van der Waals surface area contributed by atoms with Crippen molar-refractivity contribution in [3.63, 3.8) is 0 Å². The maximum absolute atomic E-state index is 14.4. The number of halogens is 2. The lowest BCUT2D eigenvalue weighted by molar-refractivity contribution is 0.141. The molecule has 0 aliphatic carbocycles. The van der Waals surface area contributed by atoms with Crippen molar-refractivity contribution in [2.45, 2.75) is 38.8 Å². The maximum Gasteiger partial charge on any atom is 0.319 e. The molecule has 0 unspecified atom stereocenters. The quantitative estimate of drug-likeness (QED) is 0.513. The van der Waals surface area contributed by atoms with Gasteiger partial charge in [0, 0.05) is 29.2 Å². The normalized spacial score (nSPS) is 14.2. The zero-order chi connectivity index (χ0) is 23.8. The molecule has 33 heavy (non-hydrogen) atoms. The van der Waals surface area contributed by atoms with E-state index in [9.17, 15) is 14.3 Å². The smallest absolute Gasteiger partial charge is 0.319 e. The van der Waals surface area contributed by atoms with E-state index < -0.39 is 18.0 Å². The van der Waals surface area contributed by atoms with E-state index in [4.69, 9.17) is 16.7 Å². The van der Waals surface area contributed by atoms with Gasteiger partial charge in [-0.05, 0) is 42.5 Å². The molecule has 0 atom stereocenters. The van der Waals surface area contributed by atoms with Crippen molar-refractivity contribution >= 4 is 29.0 Å². The summed E-state index contributed by atoms with van der Waals surface area (Å²) in [6.07, 6.45) is -0.424. The number of benzene rings is 2. The Balaban J connectivity index is 1.46. The number of amides is 2. The first-order valence-corrected chi connectivity index (χ1v) is 11.1. The third-order valence-electron chi connectivity index (χ3n) is 5.44. The topological polar surface area (TPSA) is 82.4 Å². The van der Waals surface area contributed by atoms with Crippen molar-refractivity contribution in [2.75, 3.05) is 23.3 Å². The number of aliphatic hydroxyl groups excluding tert-OH is 1. The average Bonchev–Trinajstić information content (AvgIpc) is 3.15. The Morgan fingerprint density at radius 3 is 2.61 bits per heavy atom. The van der Waals surface area contributed by atoms with Gasteiger partial charge in [-0.1, -0.05) is 38.4 Å². The number of urea groups is 1. The van der Waals surface area contributed by atoms with E-state index in [-0.39, 0.29) is 12.0 Å². The molecule has 0 saturated carbocycles. The molecule has 2 aromatic carbocycles. The zero-order valence-corrected chi connectivity index (χ0v) is 19.5. The van der Waals surface area contributed by atoms with Gasteiger partial charge in [0.05, 0.1) is 35.4 Å². The molecule has 1 aliphatic heterocycles. The third-order valence-corrected chi connectivity index (χ3v) is 5.68. The number of carbonyl (C=O) groups excluding carboxylic acids is 1. The highest BCUT2D eigenvalue weighted by Gasteiger charge is 2.26. The van der Waals surface area contributed by atoms with Crippen LogP contribution in [0.3, 0.4) is 0 Å². The van der Waals surface area contributed by atoms with Crippen molar-refractivity contribution < 1.29 is 14.3 Å². The molecule has 7 nitrogen and oxygen atoms in total. The fourth-order valence-corrected chi connectivity index (χ4v) is 3.77. The van der Waals surface area contributed by atoms with Crippen LogP contribution in [0.2, 0.25) is 5.02 Å². The number of carbonyl (C=O) groups is 1. The predicted octanol–water partition coefficient (Wildman–Crippen LogP) is 4.46. The summed E-state index contributed by atoms with van der Waals surface area (Å²) in [6.45, 7) is 7.23. The minimum atomic E-state index is -0.460. The molecular weight excluding hydrogens is 445 g/mol. The second-order valence-electron chi connectivity index (χ2n) is 9.20. The molecule has 9 heteroatoms. The van der Waals surface area contributed by atoms with Crippen LogP contribution in [0.4, 0.5) is 20.6 Å². The molecule has 2 amide bonds. The molecule has 4 rings (SSSR count). The van der Waals surface area contributed by atoms with Gasteiger partial charge >= 0.3 is 6.03 Å². The second-order valence-corrected chi connectivity index (χ2v) is 9.63. The Labute approximate surface area is 197 Å². The molecule has 3 N–H and O–H groups in total. The first-order valence-electron chi connectivity index (χ1n) is 10.7. The first kappa shape index (κ1) is 23.1. The summed E-state index contributed by atoms with van der Waals surface area (Å²) in [6, 6.07) is 13.3. The van der Waals surface area contributed by atoms with Crippen LogP contribution in [0, 0.1) is 5.82 Å². The molecule has 0 radical (unpaired) electrons. The summed E-state index contributed by atoms with van der Waals surface area (Å²) in [5.74, 6) is -0.450. The van der Waals surface area contributed by atoms with Crippen LogP contribution in [0.1, 0.15) is 32.2 Å². The number of hydrogen-bond donors (Lipinski definition) is 3. The lowest BCUT2D eigenvalue weighted by atomic mass is 9.92. The molecule has 0 spiro atoms. The number of aromatic nitrogens is 2. The Kier molecular flexibility index (Phi) is 6.32. The van der Waals surface area contributed by atoms with Gasteiger partial charge in [-0.3, -0.25) is 0 Å². The molecule has 2 heterocycles. The van der Waals surface area contributed by atoms with E-state index in [0.29, 0.717) is 29.5 Å². The van der Waals surface area contributed by atoms with Gasteiger partial charge in [-0.15, -0.1) is 0 Å². The van der Waals surface area contributed by atoms with E-state index in [1.165, 1.54) is 6.07 Å². The van der Waals surface area contributed by atoms with Crippen LogP contribution in [-0.4, -0.2) is 40.1 Å². The van der Waals surface area contributed by atoms with Crippen molar-refractivity contribution in [1.29, 1.82) is 0 Å². The van der Waals surface area contributed by atoms with Gasteiger partial charge in [-0.25, -0.2) is 13.9 Å². The van der Waals surface area contributed by atoms with Crippen molar-refractivity contribution in [3.8, 4) is 5.69 Å². The van der Waals surface area contributed by atoms with Crippen LogP contribution in [0.15, 0.2) is 48.5 Å². The van der Waals surface area contributed by atoms with Crippen LogP contribution >= 0.6 is 11.6 Å². The fourth-order valence-electron chi connectivity index (χ4n) is 3.58. The SMILES string of the molecule is CC(C)(C)c1cc(CNC(=O)Nc2ccc(N3CC(O)C3)c(F)c2)n(-c2cccc(Cl)c2)n1. The van der Waals surface area contributed by atoms with Crippen molar-refractivity contribution in [1.82, 2.24) is 15.1 Å². The minimum Gasteiger partial charge on any atom is -0.389 e. The van der Waals surface area contributed by atoms with Gasteiger partial charge in [0.1, 0.15) is 5.82 Å². The van der Waals surface area contributed by atoms with Gasteiger partial charge in [-0.2, -0.15) is 5.10 Å². The number of hydrogen-bond acceptors (Lipinski definition) is 4. The van der Waals surface area contributed by atoms with Gasteiger partial charge < -0.3 is 20.6 Å².